The zero-order chi connectivity index (χ0) is 21.6. The second kappa shape index (κ2) is 9.38. The van der Waals surface area contributed by atoms with Gasteiger partial charge in [0.05, 0.1) is 20.1 Å². The third-order valence-corrected chi connectivity index (χ3v) is 5.04. The number of fused-ring (bicyclic) bond motifs is 1. The normalized spacial score (nSPS) is 10.9. The third-order valence-electron chi connectivity index (χ3n) is 5.04. The molecule has 31 heavy (non-hydrogen) atoms. The standard InChI is InChI=1S/C24H25N3O4/c1-26(24-25-21-5-3-4-6-22(21)31-24)15-16-30-20-9-7-18(8-10-20)19-11-13-27(17-19)14-12-23(28)29-2/h3-11,13,17H,12,14-16H2,1-2H3. The highest BCUT2D eigenvalue weighted by Gasteiger charge is 2.10. The Morgan fingerprint density at radius 1 is 1.10 bits per heavy atom. The van der Waals surface area contributed by atoms with Crippen LogP contribution >= 0.6 is 0 Å². The minimum atomic E-state index is -0.210. The van der Waals surface area contributed by atoms with Crippen molar-refractivity contribution in [1.82, 2.24) is 9.55 Å². The number of methoxy groups -OCH3 is 1. The Kier molecular flexibility index (Phi) is 6.21. The maximum atomic E-state index is 11.3. The van der Waals surface area contributed by atoms with Crippen LogP contribution in [0.4, 0.5) is 6.01 Å². The van der Waals surface area contributed by atoms with Crippen LogP contribution in [0.3, 0.4) is 0 Å². The summed E-state index contributed by atoms with van der Waals surface area (Å²) >= 11 is 0. The molecule has 0 spiro atoms. The van der Waals surface area contributed by atoms with Crippen molar-refractivity contribution < 1.29 is 18.7 Å². The van der Waals surface area contributed by atoms with Crippen molar-refractivity contribution in [3.8, 4) is 16.9 Å². The lowest BCUT2D eigenvalue weighted by atomic mass is 10.1. The first-order valence-electron chi connectivity index (χ1n) is 10.1. The van der Waals surface area contributed by atoms with Gasteiger partial charge in [-0.3, -0.25) is 4.79 Å². The first kappa shape index (κ1) is 20.5. The summed E-state index contributed by atoms with van der Waals surface area (Å²) in [6, 6.07) is 18.3. The SMILES string of the molecule is COC(=O)CCn1ccc(-c2ccc(OCCN(C)c3nc4ccccc4o3)cc2)c1. The molecule has 0 radical (unpaired) electrons. The van der Waals surface area contributed by atoms with Gasteiger partial charge in [0.25, 0.3) is 6.01 Å². The average molecular weight is 419 g/mol. The highest BCUT2D eigenvalue weighted by molar-refractivity contribution is 5.74. The smallest absolute Gasteiger partial charge is 0.307 e. The van der Waals surface area contributed by atoms with Crippen LogP contribution in [0, 0.1) is 0 Å². The van der Waals surface area contributed by atoms with Gasteiger partial charge in [-0.15, -0.1) is 0 Å². The fraction of sp³-hybridized carbons (Fsp3) is 0.250. The molecule has 0 aliphatic rings. The van der Waals surface area contributed by atoms with Crippen LogP contribution in [0.15, 0.2) is 71.4 Å². The summed E-state index contributed by atoms with van der Waals surface area (Å²) in [7, 11) is 3.34. The van der Waals surface area contributed by atoms with Gasteiger partial charge < -0.3 is 23.4 Å². The number of oxazole rings is 1. The van der Waals surface area contributed by atoms with Crippen molar-refractivity contribution in [1.29, 1.82) is 0 Å². The number of carbonyl (C=O) groups is 1. The Labute approximate surface area is 180 Å². The predicted octanol–water partition coefficient (Wildman–Crippen LogP) is 4.37. The van der Waals surface area contributed by atoms with Crippen molar-refractivity contribution in [3.63, 3.8) is 0 Å². The highest BCUT2D eigenvalue weighted by Crippen LogP contribution is 2.24. The maximum absolute atomic E-state index is 11.3. The molecule has 2 aromatic heterocycles. The summed E-state index contributed by atoms with van der Waals surface area (Å²) in [5.74, 6) is 0.596. The van der Waals surface area contributed by atoms with E-state index in [1.165, 1.54) is 7.11 Å². The predicted molar refractivity (Wildman–Crippen MR) is 119 cm³/mol. The van der Waals surface area contributed by atoms with E-state index >= 15 is 0 Å². The number of aryl methyl sites for hydroxylation is 1. The van der Waals surface area contributed by atoms with Gasteiger partial charge in [-0.2, -0.15) is 4.98 Å². The molecule has 0 aliphatic carbocycles. The highest BCUT2D eigenvalue weighted by atomic mass is 16.5. The quantitative estimate of drug-likeness (QED) is 0.375. The van der Waals surface area contributed by atoms with Crippen molar-refractivity contribution in [2.24, 2.45) is 0 Å². The number of anilines is 1. The number of hydrogen-bond acceptors (Lipinski definition) is 6. The molecule has 160 valence electrons. The van der Waals surface area contributed by atoms with Crippen LogP contribution in [0.2, 0.25) is 0 Å². The second-order valence-corrected chi connectivity index (χ2v) is 7.22. The van der Waals surface area contributed by atoms with Gasteiger partial charge in [-0.1, -0.05) is 24.3 Å². The Balaban J connectivity index is 1.28. The van der Waals surface area contributed by atoms with Gasteiger partial charge >= 0.3 is 5.97 Å². The summed E-state index contributed by atoms with van der Waals surface area (Å²) in [4.78, 5) is 17.7. The van der Waals surface area contributed by atoms with E-state index in [1.54, 1.807) is 0 Å². The topological polar surface area (TPSA) is 69.7 Å². The first-order valence-corrected chi connectivity index (χ1v) is 10.1. The van der Waals surface area contributed by atoms with Crippen molar-refractivity contribution in [2.75, 3.05) is 32.2 Å². The van der Waals surface area contributed by atoms with E-state index in [1.807, 2.05) is 83.5 Å². The van der Waals surface area contributed by atoms with Gasteiger partial charge in [-0.25, -0.2) is 0 Å². The number of ether oxygens (including phenoxy) is 2. The molecule has 4 rings (SSSR count). The van der Waals surface area contributed by atoms with E-state index in [0.29, 0.717) is 32.1 Å². The number of nitrogens with zero attached hydrogens (tertiary/aromatic N) is 3. The molecule has 0 amide bonds. The fourth-order valence-corrected chi connectivity index (χ4v) is 3.24. The number of para-hydroxylation sites is 2. The number of carbonyl (C=O) groups excluding carboxylic acids is 1. The van der Waals surface area contributed by atoms with Gasteiger partial charge in [-0.05, 0) is 41.5 Å². The zero-order valence-corrected chi connectivity index (χ0v) is 17.7. The molecule has 4 aromatic rings. The van der Waals surface area contributed by atoms with Crippen LogP contribution in [-0.2, 0) is 16.1 Å². The number of aromatic nitrogens is 2. The molecule has 0 unspecified atom stereocenters. The van der Waals surface area contributed by atoms with Crippen LogP contribution < -0.4 is 9.64 Å². The van der Waals surface area contributed by atoms with Gasteiger partial charge in [0.15, 0.2) is 5.58 Å². The zero-order valence-electron chi connectivity index (χ0n) is 17.7. The van der Waals surface area contributed by atoms with Gasteiger partial charge in [0.2, 0.25) is 0 Å². The molecule has 2 heterocycles. The number of rotatable bonds is 9. The number of hydrogen-bond donors (Lipinski definition) is 0. The molecule has 0 N–H and O–H groups in total. The summed E-state index contributed by atoms with van der Waals surface area (Å²) < 4.78 is 18.3. The van der Waals surface area contributed by atoms with E-state index in [2.05, 4.69) is 9.72 Å². The fourth-order valence-electron chi connectivity index (χ4n) is 3.24. The number of likely N-dealkylation sites (N-methyl/N-ethyl adjacent to an activating group) is 1. The minimum absolute atomic E-state index is 0.210. The Morgan fingerprint density at radius 3 is 2.68 bits per heavy atom. The number of esters is 1. The van der Waals surface area contributed by atoms with Crippen LogP contribution in [0.1, 0.15) is 6.42 Å². The summed E-state index contributed by atoms with van der Waals surface area (Å²) in [5, 5.41) is 0. The van der Waals surface area contributed by atoms with Crippen molar-refractivity contribution in [2.45, 2.75) is 13.0 Å². The molecule has 0 aliphatic heterocycles. The molecular formula is C24H25N3O4. The van der Waals surface area contributed by atoms with E-state index in [4.69, 9.17) is 9.15 Å². The number of benzene rings is 2. The lowest BCUT2D eigenvalue weighted by Gasteiger charge is -2.15. The monoisotopic (exact) mass is 419 g/mol. The average Bonchev–Trinajstić information content (AvgIpc) is 3.45. The molecule has 7 nitrogen and oxygen atoms in total. The largest absolute Gasteiger partial charge is 0.492 e. The van der Waals surface area contributed by atoms with E-state index in [-0.39, 0.29) is 5.97 Å². The molecular weight excluding hydrogens is 394 g/mol. The van der Waals surface area contributed by atoms with E-state index in [9.17, 15) is 4.79 Å². The summed E-state index contributed by atoms with van der Waals surface area (Å²) in [6.45, 7) is 1.76. The lowest BCUT2D eigenvalue weighted by molar-refractivity contribution is -0.140. The third kappa shape index (κ3) is 5.06. The molecule has 0 bridgehead atoms. The van der Waals surface area contributed by atoms with Crippen LogP contribution in [0.5, 0.6) is 5.75 Å². The molecule has 0 saturated carbocycles. The van der Waals surface area contributed by atoms with Crippen LogP contribution in [-0.4, -0.2) is 42.8 Å². The van der Waals surface area contributed by atoms with Crippen LogP contribution in [0.25, 0.3) is 22.2 Å². The maximum Gasteiger partial charge on any atom is 0.307 e. The van der Waals surface area contributed by atoms with Crippen molar-refractivity contribution in [3.05, 3.63) is 67.0 Å². The minimum Gasteiger partial charge on any atom is -0.492 e. The Bertz CT molecular complexity index is 1110. The second-order valence-electron chi connectivity index (χ2n) is 7.22. The van der Waals surface area contributed by atoms with Gasteiger partial charge in [0.1, 0.15) is 17.9 Å². The lowest BCUT2D eigenvalue weighted by Crippen LogP contribution is -2.23. The van der Waals surface area contributed by atoms with Crippen molar-refractivity contribution >= 4 is 23.1 Å². The van der Waals surface area contributed by atoms with Gasteiger partial charge in [0, 0.05) is 26.0 Å². The summed E-state index contributed by atoms with van der Waals surface area (Å²) in [5.41, 5.74) is 3.81. The molecule has 0 atom stereocenters. The molecule has 2 aromatic carbocycles. The first-order chi connectivity index (χ1) is 15.1. The molecule has 7 heteroatoms. The van der Waals surface area contributed by atoms with E-state index < -0.39 is 0 Å². The van der Waals surface area contributed by atoms with E-state index in [0.717, 1.165) is 28.0 Å². The Hall–Kier alpha value is -3.74. The Morgan fingerprint density at radius 2 is 1.90 bits per heavy atom. The molecule has 0 fully saturated rings. The summed E-state index contributed by atoms with van der Waals surface area (Å²) in [6.07, 6.45) is 4.34. The molecule has 0 saturated heterocycles.